The molecule has 0 aliphatic heterocycles. The fourth-order valence-electron chi connectivity index (χ4n) is 0.814. The summed E-state index contributed by atoms with van der Waals surface area (Å²) >= 11 is 6.82. The van der Waals surface area contributed by atoms with Crippen LogP contribution in [-0.2, 0) is 0 Å². The monoisotopic (exact) mass is 305 g/mol. The van der Waals surface area contributed by atoms with Gasteiger partial charge in [-0.3, -0.25) is 0 Å². The van der Waals surface area contributed by atoms with Gasteiger partial charge in [0.2, 0.25) is 0 Å². The molecule has 0 aliphatic carbocycles. The molecule has 3 heteroatoms. The first-order valence-electron chi connectivity index (χ1n) is 3.96. The van der Waals surface area contributed by atoms with Crippen LogP contribution in [0.3, 0.4) is 0 Å². The molecule has 1 rings (SSSR count). The maximum absolute atomic E-state index is 5.55. The Morgan fingerprint density at radius 1 is 1.31 bits per heavy atom. The lowest BCUT2D eigenvalue weighted by Crippen LogP contribution is -2.02. The Hall–Kier alpha value is -0.0200. The zero-order valence-corrected chi connectivity index (χ0v) is 10.8. The summed E-state index contributed by atoms with van der Waals surface area (Å²) in [7, 11) is 0. The van der Waals surface area contributed by atoms with Gasteiger partial charge in [-0.15, -0.1) is 0 Å². The first kappa shape index (κ1) is 11.1. The molecule has 0 amide bonds. The molecular formula is C10H11Br2O. The van der Waals surface area contributed by atoms with Crippen molar-refractivity contribution >= 4 is 31.9 Å². The fourth-order valence-corrected chi connectivity index (χ4v) is 1.98. The molecule has 0 heterocycles. The molecular weight excluding hydrogens is 296 g/mol. The van der Waals surface area contributed by atoms with E-state index in [1.54, 1.807) is 0 Å². The number of hydrogen-bond acceptors (Lipinski definition) is 1. The van der Waals surface area contributed by atoms with Gasteiger partial charge >= 0.3 is 0 Å². The molecule has 71 valence electrons. The Balaban J connectivity index is 2.67. The van der Waals surface area contributed by atoms with Crippen molar-refractivity contribution in [2.24, 2.45) is 0 Å². The molecule has 1 aromatic rings. The summed E-state index contributed by atoms with van der Waals surface area (Å²) in [6.07, 6.45) is 0. The van der Waals surface area contributed by atoms with Crippen LogP contribution in [0.4, 0.5) is 0 Å². The van der Waals surface area contributed by atoms with E-state index in [4.69, 9.17) is 4.74 Å². The highest BCUT2D eigenvalue weighted by atomic mass is 79.9. The van der Waals surface area contributed by atoms with Gasteiger partial charge in [0.1, 0.15) is 5.75 Å². The molecule has 0 aliphatic rings. The van der Waals surface area contributed by atoms with Crippen molar-refractivity contribution in [2.75, 3.05) is 6.61 Å². The summed E-state index contributed by atoms with van der Waals surface area (Å²) in [4.78, 5) is 0. The summed E-state index contributed by atoms with van der Waals surface area (Å²) < 4.78 is 7.57. The topological polar surface area (TPSA) is 9.23 Å². The molecule has 13 heavy (non-hydrogen) atoms. The first-order valence-corrected chi connectivity index (χ1v) is 5.55. The average Bonchev–Trinajstić information content (AvgIpc) is 2.02. The Labute approximate surface area is 95.7 Å². The molecule has 1 nitrogen and oxygen atoms in total. The summed E-state index contributed by atoms with van der Waals surface area (Å²) in [5.74, 6) is 2.14. The third kappa shape index (κ3) is 3.69. The van der Waals surface area contributed by atoms with Crippen molar-refractivity contribution in [3.8, 4) is 5.75 Å². The summed E-state index contributed by atoms with van der Waals surface area (Å²) in [6.45, 7) is 4.76. The Bertz CT molecular complexity index is 284. The molecule has 0 aromatic heterocycles. The van der Waals surface area contributed by atoms with Gasteiger partial charge < -0.3 is 4.74 Å². The molecule has 0 bridgehead atoms. The van der Waals surface area contributed by atoms with Gasteiger partial charge in [-0.1, -0.05) is 29.8 Å². The fraction of sp³-hybridized carbons (Fsp3) is 0.300. The van der Waals surface area contributed by atoms with Crippen LogP contribution < -0.4 is 4.74 Å². The van der Waals surface area contributed by atoms with Crippen molar-refractivity contribution in [2.45, 2.75) is 13.8 Å². The lowest BCUT2D eigenvalue weighted by molar-refractivity contribution is 0.330. The maximum Gasteiger partial charge on any atom is 0.133 e. The number of ether oxygens (including phenoxy) is 1. The van der Waals surface area contributed by atoms with Crippen LogP contribution in [0, 0.1) is 5.92 Å². The van der Waals surface area contributed by atoms with E-state index in [1.807, 2.05) is 32.0 Å². The van der Waals surface area contributed by atoms with Crippen molar-refractivity contribution < 1.29 is 4.74 Å². The van der Waals surface area contributed by atoms with Crippen molar-refractivity contribution in [3.63, 3.8) is 0 Å². The number of benzene rings is 1. The van der Waals surface area contributed by atoms with E-state index in [-0.39, 0.29) is 0 Å². The summed E-state index contributed by atoms with van der Waals surface area (Å²) in [5, 5.41) is 0. The van der Waals surface area contributed by atoms with Gasteiger partial charge in [0.15, 0.2) is 0 Å². The van der Waals surface area contributed by atoms with Crippen LogP contribution in [0.15, 0.2) is 27.1 Å². The van der Waals surface area contributed by atoms with Crippen molar-refractivity contribution in [3.05, 3.63) is 33.1 Å². The van der Waals surface area contributed by atoms with Crippen molar-refractivity contribution in [1.29, 1.82) is 0 Å². The predicted molar refractivity (Wildman–Crippen MR) is 61.9 cm³/mol. The van der Waals surface area contributed by atoms with Gasteiger partial charge in [0, 0.05) is 10.4 Å². The lowest BCUT2D eigenvalue weighted by Gasteiger charge is -2.09. The minimum atomic E-state index is 0.667. The molecule has 0 saturated heterocycles. The molecule has 0 atom stereocenters. The second-order valence-corrected chi connectivity index (χ2v) is 4.84. The van der Waals surface area contributed by atoms with Crippen molar-refractivity contribution in [1.82, 2.24) is 0 Å². The van der Waals surface area contributed by atoms with E-state index in [0.29, 0.717) is 6.61 Å². The molecule has 0 unspecified atom stereocenters. The van der Waals surface area contributed by atoms with E-state index < -0.39 is 0 Å². The summed E-state index contributed by atoms with van der Waals surface area (Å²) in [6, 6.07) is 5.88. The quantitative estimate of drug-likeness (QED) is 0.813. The molecule has 0 spiro atoms. The zero-order chi connectivity index (χ0) is 9.84. The lowest BCUT2D eigenvalue weighted by atomic mass is 10.2. The largest absolute Gasteiger partial charge is 0.492 e. The van der Waals surface area contributed by atoms with Gasteiger partial charge in [0.05, 0.1) is 11.1 Å². The van der Waals surface area contributed by atoms with Crippen LogP contribution in [-0.4, -0.2) is 6.61 Å². The minimum absolute atomic E-state index is 0.667. The van der Waals surface area contributed by atoms with Crippen LogP contribution >= 0.6 is 31.9 Å². The van der Waals surface area contributed by atoms with E-state index in [0.717, 1.165) is 14.7 Å². The smallest absolute Gasteiger partial charge is 0.133 e. The van der Waals surface area contributed by atoms with Gasteiger partial charge in [-0.05, 0) is 34.1 Å². The normalized spacial score (nSPS) is 10.5. The third-order valence-electron chi connectivity index (χ3n) is 1.41. The zero-order valence-electron chi connectivity index (χ0n) is 7.60. The van der Waals surface area contributed by atoms with E-state index in [1.165, 1.54) is 5.92 Å². The van der Waals surface area contributed by atoms with E-state index in [2.05, 4.69) is 31.9 Å². The molecule has 0 fully saturated rings. The highest BCUT2D eigenvalue weighted by Crippen LogP contribution is 2.28. The molecule has 1 radical (unpaired) electrons. The van der Waals surface area contributed by atoms with Crippen LogP contribution in [0.2, 0.25) is 0 Å². The van der Waals surface area contributed by atoms with Gasteiger partial charge in [-0.25, -0.2) is 0 Å². The molecule has 0 saturated carbocycles. The maximum atomic E-state index is 5.55. The standard InChI is InChI=1S/C10H11Br2O/c1-7(2)6-13-10-4-3-8(11)5-9(10)12/h3-5H,6H2,1-2H3. The second kappa shape index (κ2) is 5.01. The van der Waals surface area contributed by atoms with E-state index in [9.17, 15) is 0 Å². The first-order chi connectivity index (χ1) is 6.09. The molecule has 0 N–H and O–H groups in total. The highest BCUT2D eigenvalue weighted by molar-refractivity contribution is 9.11. The predicted octanol–water partition coefficient (Wildman–Crippen LogP) is 4.20. The Morgan fingerprint density at radius 3 is 2.54 bits per heavy atom. The van der Waals surface area contributed by atoms with Gasteiger partial charge in [0.25, 0.3) is 0 Å². The second-order valence-electron chi connectivity index (χ2n) is 3.07. The Kier molecular flexibility index (Phi) is 4.26. The van der Waals surface area contributed by atoms with Gasteiger partial charge in [-0.2, -0.15) is 0 Å². The number of rotatable bonds is 3. The highest BCUT2D eigenvalue weighted by Gasteiger charge is 2.02. The number of halogens is 2. The third-order valence-corrected chi connectivity index (χ3v) is 2.52. The molecule has 1 aromatic carbocycles. The van der Waals surface area contributed by atoms with Crippen LogP contribution in [0.25, 0.3) is 0 Å². The van der Waals surface area contributed by atoms with E-state index >= 15 is 0 Å². The Morgan fingerprint density at radius 2 is 2.00 bits per heavy atom. The average molecular weight is 307 g/mol. The number of hydrogen-bond donors (Lipinski definition) is 0. The summed E-state index contributed by atoms with van der Waals surface area (Å²) in [5.41, 5.74) is 0. The van der Waals surface area contributed by atoms with Crippen LogP contribution in [0.1, 0.15) is 13.8 Å². The SMILES string of the molecule is C[C](C)COc1ccc(Br)cc1Br. The minimum Gasteiger partial charge on any atom is -0.492 e. The van der Waals surface area contributed by atoms with Crippen LogP contribution in [0.5, 0.6) is 5.75 Å².